The molecule has 1 aliphatic rings. The zero-order valence-corrected chi connectivity index (χ0v) is 12.3. The molecule has 1 saturated heterocycles. The van der Waals surface area contributed by atoms with Gasteiger partial charge in [-0.05, 0) is 37.2 Å². The Morgan fingerprint density at radius 1 is 1.00 bits per heavy atom. The van der Waals surface area contributed by atoms with Crippen LogP contribution in [0.3, 0.4) is 0 Å². The SMILES string of the molecule is c1ccc(CC(c2ccccn2)N2CCCNCC2)nc1. The lowest BCUT2D eigenvalue weighted by Crippen LogP contribution is -2.34. The number of hydrogen-bond acceptors (Lipinski definition) is 4. The normalized spacial score (nSPS) is 18.1. The first kappa shape index (κ1) is 14.2. The van der Waals surface area contributed by atoms with Crippen molar-refractivity contribution in [2.75, 3.05) is 26.2 Å². The predicted octanol–water partition coefficient (Wildman–Crippen LogP) is 2.06. The van der Waals surface area contributed by atoms with Gasteiger partial charge in [0.2, 0.25) is 0 Å². The first-order valence-corrected chi connectivity index (χ1v) is 7.69. The van der Waals surface area contributed by atoms with Crippen LogP contribution in [0.4, 0.5) is 0 Å². The number of pyridine rings is 2. The number of rotatable bonds is 4. The molecule has 0 aromatic carbocycles. The van der Waals surface area contributed by atoms with E-state index in [9.17, 15) is 0 Å². The van der Waals surface area contributed by atoms with Crippen molar-refractivity contribution in [2.24, 2.45) is 0 Å². The Kier molecular flexibility index (Phi) is 4.92. The van der Waals surface area contributed by atoms with E-state index in [4.69, 9.17) is 0 Å². The Morgan fingerprint density at radius 2 is 1.86 bits per heavy atom. The molecule has 4 nitrogen and oxygen atoms in total. The maximum atomic E-state index is 4.59. The summed E-state index contributed by atoms with van der Waals surface area (Å²) in [5.74, 6) is 0. The molecule has 0 saturated carbocycles. The zero-order chi connectivity index (χ0) is 14.3. The highest BCUT2D eigenvalue weighted by atomic mass is 15.2. The molecule has 1 aliphatic heterocycles. The third kappa shape index (κ3) is 3.86. The van der Waals surface area contributed by atoms with E-state index >= 15 is 0 Å². The maximum Gasteiger partial charge on any atom is 0.0579 e. The Balaban J connectivity index is 1.83. The van der Waals surface area contributed by atoms with Gasteiger partial charge in [-0.25, -0.2) is 0 Å². The smallest absolute Gasteiger partial charge is 0.0579 e. The van der Waals surface area contributed by atoms with Gasteiger partial charge in [0.05, 0.1) is 11.7 Å². The van der Waals surface area contributed by atoms with Gasteiger partial charge in [0.15, 0.2) is 0 Å². The molecule has 1 unspecified atom stereocenters. The Hall–Kier alpha value is -1.78. The van der Waals surface area contributed by atoms with Gasteiger partial charge in [0, 0.05) is 44.1 Å². The van der Waals surface area contributed by atoms with Crippen LogP contribution in [-0.4, -0.2) is 41.0 Å². The summed E-state index contributed by atoms with van der Waals surface area (Å²) in [6, 6.07) is 12.6. The summed E-state index contributed by atoms with van der Waals surface area (Å²) in [4.78, 5) is 11.6. The molecule has 0 bridgehead atoms. The van der Waals surface area contributed by atoms with Crippen molar-refractivity contribution in [2.45, 2.75) is 18.9 Å². The summed E-state index contributed by atoms with van der Waals surface area (Å²) in [7, 11) is 0. The van der Waals surface area contributed by atoms with Crippen LogP contribution in [0, 0.1) is 0 Å². The predicted molar refractivity (Wildman–Crippen MR) is 84.0 cm³/mol. The van der Waals surface area contributed by atoms with Gasteiger partial charge in [-0.15, -0.1) is 0 Å². The number of aromatic nitrogens is 2. The van der Waals surface area contributed by atoms with Crippen LogP contribution < -0.4 is 5.32 Å². The number of hydrogen-bond donors (Lipinski definition) is 1. The zero-order valence-electron chi connectivity index (χ0n) is 12.3. The van der Waals surface area contributed by atoms with Crippen LogP contribution >= 0.6 is 0 Å². The van der Waals surface area contributed by atoms with Crippen LogP contribution in [-0.2, 0) is 6.42 Å². The minimum Gasteiger partial charge on any atom is -0.315 e. The molecule has 0 spiro atoms. The second-order valence-corrected chi connectivity index (χ2v) is 5.44. The summed E-state index contributed by atoms with van der Waals surface area (Å²) >= 11 is 0. The van der Waals surface area contributed by atoms with Crippen molar-refractivity contribution in [1.29, 1.82) is 0 Å². The summed E-state index contributed by atoms with van der Waals surface area (Å²) in [6.07, 6.45) is 5.86. The van der Waals surface area contributed by atoms with Crippen LogP contribution in [0.2, 0.25) is 0 Å². The molecule has 3 heterocycles. The monoisotopic (exact) mass is 282 g/mol. The topological polar surface area (TPSA) is 41.1 Å². The van der Waals surface area contributed by atoms with Gasteiger partial charge in [-0.3, -0.25) is 14.9 Å². The summed E-state index contributed by atoms with van der Waals surface area (Å²) in [5, 5.41) is 3.47. The molecular weight excluding hydrogens is 260 g/mol. The van der Waals surface area contributed by atoms with Crippen LogP contribution in [0.1, 0.15) is 23.9 Å². The van der Waals surface area contributed by atoms with Gasteiger partial charge in [0.25, 0.3) is 0 Å². The summed E-state index contributed by atoms with van der Waals surface area (Å²) in [6.45, 7) is 4.33. The molecule has 0 amide bonds. The van der Waals surface area contributed by atoms with Crippen molar-refractivity contribution >= 4 is 0 Å². The molecule has 1 N–H and O–H groups in total. The standard InChI is InChI=1S/C17H22N4/c1-3-9-19-15(6-1)14-17(16-7-2-4-10-20-16)21-12-5-8-18-11-13-21/h1-4,6-7,9-10,17-18H,5,8,11-14H2. The van der Waals surface area contributed by atoms with Crippen molar-refractivity contribution in [3.8, 4) is 0 Å². The van der Waals surface area contributed by atoms with Crippen LogP contribution in [0.25, 0.3) is 0 Å². The van der Waals surface area contributed by atoms with E-state index in [0.29, 0.717) is 6.04 Å². The van der Waals surface area contributed by atoms with E-state index in [2.05, 4.69) is 44.5 Å². The van der Waals surface area contributed by atoms with E-state index < -0.39 is 0 Å². The molecule has 2 aromatic heterocycles. The van der Waals surface area contributed by atoms with Gasteiger partial charge in [-0.1, -0.05) is 12.1 Å². The number of nitrogens with one attached hydrogen (secondary N) is 1. The molecule has 4 heteroatoms. The Morgan fingerprint density at radius 3 is 2.62 bits per heavy atom. The fraction of sp³-hybridized carbons (Fsp3) is 0.412. The third-order valence-corrected chi connectivity index (χ3v) is 3.97. The van der Waals surface area contributed by atoms with Gasteiger partial charge in [-0.2, -0.15) is 0 Å². The lowest BCUT2D eigenvalue weighted by Gasteiger charge is -2.29. The fourth-order valence-electron chi connectivity index (χ4n) is 2.89. The Bertz CT molecular complexity index is 521. The quantitative estimate of drug-likeness (QED) is 0.932. The Labute approximate surface area is 126 Å². The van der Waals surface area contributed by atoms with Gasteiger partial charge >= 0.3 is 0 Å². The molecule has 110 valence electrons. The molecule has 3 rings (SSSR count). The fourth-order valence-corrected chi connectivity index (χ4v) is 2.89. The lowest BCUT2D eigenvalue weighted by molar-refractivity contribution is 0.204. The van der Waals surface area contributed by atoms with Gasteiger partial charge in [0.1, 0.15) is 0 Å². The minimum absolute atomic E-state index is 0.306. The van der Waals surface area contributed by atoms with E-state index in [0.717, 1.165) is 44.0 Å². The van der Waals surface area contributed by atoms with Crippen molar-refractivity contribution < 1.29 is 0 Å². The number of nitrogens with zero attached hydrogens (tertiary/aromatic N) is 3. The largest absolute Gasteiger partial charge is 0.315 e. The highest BCUT2D eigenvalue weighted by Gasteiger charge is 2.23. The van der Waals surface area contributed by atoms with Crippen molar-refractivity contribution in [1.82, 2.24) is 20.2 Å². The minimum atomic E-state index is 0.306. The van der Waals surface area contributed by atoms with Gasteiger partial charge < -0.3 is 5.32 Å². The van der Waals surface area contributed by atoms with Crippen LogP contribution in [0.5, 0.6) is 0 Å². The first-order chi connectivity index (χ1) is 10.4. The van der Waals surface area contributed by atoms with Crippen molar-refractivity contribution in [3.63, 3.8) is 0 Å². The molecule has 0 aliphatic carbocycles. The van der Waals surface area contributed by atoms with E-state index in [-0.39, 0.29) is 0 Å². The molecular formula is C17H22N4. The summed E-state index contributed by atoms with van der Waals surface area (Å²) < 4.78 is 0. The average molecular weight is 282 g/mol. The molecule has 1 atom stereocenters. The molecule has 0 radical (unpaired) electrons. The molecule has 1 fully saturated rings. The average Bonchev–Trinajstić information content (AvgIpc) is 2.84. The second-order valence-electron chi connectivity index (χ2n) is 5.44. The first-order valence-electron chi connectivity index (χ1n) is 7.69. The molecule has 2 aromatic rings. The highest BCUT2D eigenvalue weighted by molar-refractivity contribution is 5.14. The van der Waals surface area contributed by atoms with E-state index in [1.54, 1.807) is 0 Å². The van der Waals surface area contributed by atoms with Crippen LogP contribution in [0.15, 0.2) is 48.8 Å². The van der Waals surface area contributed by atoms with E-state index in [1.807, 2.05) is 24.5 Å². The van der Waals surface area contributed by atoms with Crippen molar-refractivity contribution in [3.05, 3.63) is 60.2 Å². The highest BCUT2D eigenvalue weighted by Crippen LogP contribution is 2.23. The summed E-state index contributed by atoms with van der Waals surface area (Å²) in [5.41, 5.74) is 2.27. The third-order valence-electron chi connectivity index (χ3n) is 3.97. The second kappa shape index (κ2) is 7.29. The lowest BCUT2D eigenvalue weighted by atomic mass is 10.0. The van der Waals surface area contributed by atoms with E-state index in [1.165, 1.54) is 6.42 Å². The maximum absolute atomic E-state index is 4.59. The molecule has 21 heavy (non-hydrogen) atoms.